The smallest absolute Gasteiger partial charge is 0.191 e. The van der Waals surface area contributed by atoms with Gasteiger partial charge in [0.1, 0.15) is 0 Å². The van der Waals surface area contributed by atoms with Gasteiger partial charge in [-0.3, -0.25) is 4.99 Å². The monoisotopic (exact) mass is 493 g/mol. The molecule has 2 N–H and O–H groups in total. The molecular weight excluding hydrogens is 465 g/mol. The highest BCUT2D eigenvalue weighted by Crippen LogP contribution is 2.17. The number of aromatic nitrogens is 2. The maximum atomic E-state index is 4.65. The van der Waals surface area contributed by atoms with E-state index < -0.39 is 0 Å². The van der Waals surface area contributed by atoms with Gasteiger partial charge in [0.15, 0.2) is 5.96 Å². The van der Waals surface area contributed by atoms with Crippen LogP contribution in [0.15, 0.2) is 11.2 Å². The molecule has 0 bridgehead atoms. The molecule has 2 aromatic rings. The van der Waals surface area contributed by atoms with Gasteiger partial charge < -0.3 is 10.6 Å². The van der Waals surface area contributed by atoms with Crippen LogP contribution in [-0.2, 0) is 19.3 Å². The summed E-state index contributed by atoms with van der Waals surface area (Å²) in [5.41, 5.74) is 1.15. The number of thiazole rings is 2. The van der Waals surface area contributed by atoms with E-state index in [-0.39, 0.29) is 24.0 Å². The second-order valence-electron chi connectivity index (χ2n) is 5.50. The Hall–Kier alpha value is -0.740. The van der Waals surface area contributed by atoms with Crippen molar-refractivity contribution < 1.29 is 0 Å². The molecule has 0 aliphatic carbocycles. The average Bonchev–Trinajstić information content (AvgIpc) is 3.13. The minimum Gasteiger partial charge on any atom is -0.357 e. The van der Waals surface area contributed by atoms with Crippen molar-refractivity contribution >= 4 is 52.6 Å². The van der Waals surface area contributed by atoms with Gasteiger partial charge in [0.2, 0.25) is 0 Å². The zero-order valence-corrected chi connectivity index (χ0v) is 19.3. The van der Waals surface area contributed by atoms with Crippen LogP contribution in [-0.4, -0.2) is 35.6 Å². The normalized spacial score (nSPS) is 11.3. The number of aliphatic imine (C=N–C) groups is 1. The Kier molecular flexibility index (Phi) is 10.5. The van der Waals surface area contributed by atoms with E-state index in [2.05, 4.69) is 53.3 Å². The highest BCUT2D eigenvalue weighted by Gasteiger charge is 2.05. The molecule has 0 saturated carbocycles. The van der Waals surface area contributed by atoms with E-state index in [4.69, 9.17) is 0 Å². The predicted molar refractivity (Wildman–Crippen MR) is 120 cm³/mol. The molecular formula is C17H28IN5S2. The summed E-state index contributed by atoms with van der Waals surface area (Å²) in [7, 11) is 0. The van der Waals surface area contributed by atoms with Crippen molar-refractivity contribution in [1.82, 2.24) is 20.6 Å². The molecule has 0 saturated heterocycles. The van der Waals surface area contributed by atoms with Crippen molar-refractivity contribution in [3.8, 4) is 0 Å². The summed E-state index contributed by atoms with van der Waals surface area (Å²) in [5.74, 6) is 0.878. The Morgan fingerprint density at radius 1 is 1.16 bits per heavy atom. The SMILES string of the molecule is CCNC(=NCCc1ncc(CC)s1)NCCc1sc(C)nc1C.I. The standard InChI is InChI=1S/C17H27N5S2.HI/c1-5-14-11-21-16(24-14)8-10-20-17(18-6-2)19-9-7-15-12(3)22-13(4)23-15;/h11H,5-10H2,1-4H3,(H2,18,19,20);1H. The van der Waals surface area contributed by atoms with Gasteiger partial charge >= 0.3 is 0 Å². The number of hydrogen-bond acceptors (Lipinski definition) is 5. The van der Waals surface area contributed by atoms with Crippen LogP contribution >= 0.6 is 46.7 Å². The molecule has 0 atom stereocenters. The molecule has 0 amide bonds. The third-order valence-electron chi connectivity index (χ3n) is 3.53. The summed E-state index contributed by atoms with van der Waals surface area (Å²) in [6, 6.07) is 0. The first-order chi connectivity index (χ1) is 11.6. The van der Waals surface area contributed by atoms with Crippen LogP contribution in [0.25, 0.3) is 0 Å². The van der Waals surface area contributed by atoms with Crippen molar-refractivity contribution in [1.29, 1.82) is 0 Å². The largest absolute Gasteiger partial charge is 0.357 e. The van der Waals surface area contributed by atoms with Crippen molar-refractivity contribution in [3.05, 3.63) is 31.7 Å². The summed E-state index contributed by atoms with van der Waals surface area (Å²) in [6.07, 6.45) is 4.91. The van der Waals surface area contributed by atoms with Crippen molar-refractivity contribution in [2.24, 2.45) is 4.99 Å². The summed E-state index contributed by atoms with van der Waals surface area (Å²) in [5, 5.41) is 9.02. The lowest BCUT2D eigenvalue weighted by Crippen LogP contribution is -2.38. The molecule has 0 aliphatic rings. The Morgan fingerprint density at radius 2 is 1.96 bits per heavy atom. The molecule has 8 heteroatoms. The van der Waals surface area contributed by atoms with E-state index in [1.807, 2.05) is 6.20 Å². The molecule has 2 aromatic heterocycles. The number of nitrogens with one attached hydrogen (secondary N) is 2. The lowest BCUT2D eigenvalue weighted by Gasteiger charge is -2.10. The van der Waals surface area contributed by atoms with Crippen LogP contribution in [0.2, 0.25) is 0 Å². The maximum Gasteiger partial charge on any atom is 0.191 e. The van der Waals surface area contributed by atoms with Gasteiger partial charge in [-0.2, -0.15) is 0 Å². The first kappa shape index (κ1) is 22.3. The molecule has 0 fully saturated rings. The summed E-state index contributed by atoms with van der Waals surface area (Å²) in [4.78, 5) is 16.3. The summed E-state index contributed by atoms with van der Waals surface area (Å²) < 4.78 is 0. The van der Waals surface area contributed by atoms with Crippen molar-refractivity contribution in [3.63, 3.8) is 0 Å². The number of hydrogen-bond donors (Lipinski definition) is 2. The van der Waals surface area contributed by atoms with Gasteiger partial charge in [-0.05, 0) is 27.2 Å². The van der Waals surface area contributed by atoms with Crippen LogP contribution in [0.4, 0.5) is 0 Å². The van der Waals surface area contributed by atoms with Crippen LogP contribution in [0.3, 0.4) is 0 Å². The number of rotatable bonds is 8. The Balaban J connectivity index is 0.00000312. The maximum absolute atomic E-state index is 4.65. The number of aryl methyl sites for hydroxylation is 3. The van der Waals surface area contributed by atoms with E-state index in [9.17, 15) is 0 Å². The summed E-state index contributed by atoms with van der Waals surface area (Å²) >= 11 is 3.57. The number of halogens is 1. The minimum atomic E-state index is 0. The van der Waals surface area contributed by atoms with E-state index in [1.165, 1.54) is 14.8 Å². The minimum absolute atomic E-state index is 0. The molecule has 140 valence electrons. The molecule has 2 rings (SSSR count). The molecule has 0 unspecified atom stereocenters. The van der Waals surface area contributed by atoms with Gasteiger partial charge in [-0.1, -0.05) is 6.92 Å². The molecule has 0 aliphatic heterocycles. The first-order valence-corrected chi connectivity index (χ1v) is 10.1. The molecule has 2 heterocycles. The van der Waals surface area contributed by atoms with E-state index in [1.54, 1.807) is 22.7 Å². The highest BCUT2D eigenvalue weighted by molar-refractivity contribution is 14.0. The fraction of sp³-hybridized carbons (Fsp3) is 0.588. The second-order valence-corrected chi connectivity index (χ2v) is 7.99. The quantitative estimate of drug-likeness (QED) is 0.334. The zero-order valence-electron chi connectivity index (χ0n) is 15.4. The molecule has 5 nitrogen and oxygen atoms in total. The average molecular weight is 493 g/mol. The second kappa shape index (κ2) is 11.8. The Morgan fingerprint density at radius 3 is 2.56 bits per heavy atom. The fourth-order valence-electron chi connectivity index (χ4n) is 2.33. The van der Waals surface area contributed by atoms with Gasteiger partial charge in [-0.15, -0.1) is 46.7 Å². The number of guanidine groups is 1. The third-order valence-corrected chi connectivity index (χ3v) is 5.87. The third kappa shape index (κ3) is 7.57. The highest BCUT2D eigenvalue weighted by atomic mass is 127. The topological polar surface area (TPSA) is 62.2 Å². The lowest BCUT2D eigenvalue weighted by atomic mass is 10.3. The number of nitrogens with zero attached hydrogens (tertiary/aromatic N) is 3. The van der Waals surface area contributed by atoms with E-state index >= 15 is 0 Å². The van der Waals surface area contributed by atoms with E-state index in [0.717, 1.165) is 55.6 Å². The fourth-order valence-corrected chi connectivity index (χ4v) is 4.12. The van der Waals surface area contributed by atoms with Crippen LogP contribution < -0.4 is 10.6 Å². The van der Waals surface area contributed by atoms with Crippen molar-refractivity contribution in [2.45, 2.75) is 47.0 Å². The Bertz CT molecular complexity index is 666. The van der Waals surface area contributed by atoms with Crippen molar-refractivity contribution in [2.75, 3.05) is 19.6 Å². The summed E-state index contributed by atoms with van der Waals surface area (Å²) in [6.45, 7) is 10.9. The van der Waals surface area contributed by atoms with Gasteiger partial charge in [0.25, 0.3) is 0 Å². The Labute approximate surface area is 175 Å². The first-order valence-electron chi connectivity index (χ1n) is 8.51. The zero-order chi connectivity index (χ0) is 17.4. The molecule has 25 heavy (non-hydrogen) atoms. The van der Waals surface area contributed by atoms with E-state index in [0.29, 0.717) is 0 Å². The van der Waals surface area contributed by atoms with Gasteiger partial charge in [-0.25, -0.2) is 9.97 Å². The molecule has 0 spiro atoms. The van der Waals surface area contributed by atoms with Crippen LogP contribution in [0.5, 0.6) is 0 Å². The van der Waals surface area contributed by atoms with Gasteiger partial charge in [0, 0.05) is 48.4 Å². The predicted octanol–water partition coefficient (Wildman–Crippen LogP) is 3.74. The van der Waals surface area contributed by atoms with Gasteiger partial charge in [0.05, 0.1) is 15.7 Å². The molecule has 0 radical (unpaired) electrons. The molecule has 0 aromatic carbocycles. The van der Waals surface area contributed by atoms with Crippen LogP contribution in [0.1, 0.15) is 39.3 Å². The lowest BCUT2D eigenvalue weighted by molar-refractivity contribution is 0.798. The van der Waals surface area contributed by atoms with Crippen LogP contribution in [0, 0.1) is 13.8 Å².